The summed E-state index contributed by atoms with van der Waals surface area (Å²) in [7, 11) is 0. The topological polar surface area (TPSA) is 47.6 Å². The van der Waals surface area contributed by atoms with Crippen molar-refractivity contribution in [2.45, 2.75) is 56.5 Å². The lowest BCUT2D eigenvalue weighted by atomic mass is 9.90. The summed E-state index contributed by atoms with van der Waals surface area (Å²) in [4.78, 5) is 18.5. The lowest BCUT2D eigenvalue weighted by molar-refractivity contribution is 0.0948. The minimum absolute atomic E-state index is 0.00789. The number of likely N-dealkylation sites (tertiary alicyclic amines) is 1. The molecule has 0 aliphatic carbocycles. The van der Waals surface area contributed by atoms with Crippen LogP contribution in [0, 0.1) is 0 Å². The predicted octanol–water partition coefficient (Wildman–Crippen LogP) is 6.70. The third-order valence-electron chi connectivity index (χ3n) is 9.58. The summed E-state index contributed by atoms with van der Waals surface area (Å²) in [6.45, 7) is 7.39. The summed E-state index contributed by atoms with van der Waals surface area (Å²) >= 11 is 0. The lowest BCUT2D eigenvalue weighted by Crippen LogP contribution is -2.46. The van der Waals surface area contributed by atoms with E-state index in [9.17, 15) is 4.79 Å². The number of piperidine rings is 1. The molecule has 2 N–H and O–H groups in total. The Balaban J connectivity index is 1.13. The van der Waals surface area contributed by atoms with Gasteiger partial charge in [0.15, 0.2) is 0 Å². The van der Waals surface area contributed by atoms with Crippen LogP contribution in [0.25, 0.3) is 10.8 Å². The number of fused-ring (bicyclic) bond motifs is 1. The molecule has 2 aliphatic rings. The zero-order valence-corrected chi connectivity index (χ0v) is 26.0. The number of hydrogen-bond donors (Lipinski definition) is 2. The van der Waals surface area contributed by atoms with Gasteiger partial charge in [-0.15, -0.1) is 0 Å². The predicted molar refractivity (Wildman–Crippen MR) is 182 cm³/mol. The zero-order chi connectivity index (χ0) is 30.0. The highest BCUT2D eigenvalue weighted by molar-refractivity contribution is 5.98. The molecule has 5 heteroatoms. The molecule has 2 saturated heterocycles. The molecule has 230 valence electrons. The number of benzene rings is 4. The largest absolute Gasteiger partial charge is 0.350 e. The molecule has 2 aliphatic heterocycles. The fourth-order valence-electron chi connectivity index (χ4n) is 7.14. The van der Waals surface area contributed by atoms with Crippen molar-refractivity contribution in [2.24, 2.45) is 0 Å². The van der Waals surface area contributed by atoms with Gasteiger partial charge < -0.3 is 20.4 Å². The third-order valence-corrected chi connectivity index (χ3v) is 9.58. The highest BCUT2D eigenvalue weighted by Crippen LogP contribution is 2.27. The molecule has 4 aromatic carbocycles. The summed E-state index contributed by atoms with van der Waals surface area (Å²) in [5.74, 6) is 0.337. The Kier molecular flexibility index (Phi) is 10.7. The van der Waals surface area contributed by atoms with Crippen molar-refractivity contribution in [2.75, 3.05) is 45.8 Å². The molecule has 0 bridgehead atoms. The van der Waals surface area contributed by atoms with Gasteiger partial charge in [0.1, 0.15) is 0 Å². The Morgan fingerprint density at radius 2 is 1.43 bits per heavy atom. The van der Waals surface area contributed by atoms with E-state index in [1.54, 1.807) is 0 Å². The van der Waals surface area contributed by atoms with E-state index in [1.165, 1.54) is 56.4 Å². The van der Waals surface area contributed by atoms with Crippen LogP contribution >= 0.6 is 0 Å². The SMILES string of the molecule is O=C(NCC1CCN(CC(c2ccccc2)c2ccccc2)CC(CCCN2CCCCC2)N1)c1ccc2ccccc2c1. The van der Waals surface area contributed by atoms with Gasteiger partial charge in [-0.1, -0.05) is 97.4 Å². The Hall–Kier alpha value is -3.51. The number of nitrogens with one attached hydrogen (secondary N) is 2. The first-order valence-corrected chi connectivity index (χ1v) is 16.8. The van der Waals surface area contributed by atoms with Crippen LogP contribution in [-0.2, 0) is 0 Å². The molecule has 4 aromatic rings. The highest BCUT2D eigenvalue weighted by Gasteiger charge is 2.27. The average molecular weight is 589 g/mol. The van der Waals surface area contributed by atoms with E-state index >= 15 is 0 Å². The fourth-order valence-corrected chi connectivity index (χ4v) is 7.14. The summed E-state index contributed by atoms with van der Waals surface area (Å²) < 4.78 is 0. The molecule has 0 radical (unpaired) electrons. The summed E-state index contributed by atoms with van der Waals surface area (Å²) in [6.07, 6.45) is 7.44. The first-order chi connectivity index (χ1) is 21.7. The van der Waals surface area contributed by atoms with Crippen molar-refractivity contribution in [3.63, 3.8) is 0 Å². The Bertz CT molecular complexity index is 1410. The van der Waals surface area contributed by atoms with E-state index in [0.29, 0.717) is 18.5 Å². The Labute approximate surface area is 263 Å². The molecule has 0 saturated carbocycles. The molecular weight excluding hydrogens is 540 g/mol. The van der Waals surface area contributed by atoms with Crippen molar-refractivity contribution in [3.05, 3.63) is 120 Å². The third kappa shape index (κ3) is 8.35. The van der Waals surface area contributed by atoms with Gasteiger partial charge in [-0.3, -0.25) is 4.79 Å². The Morgan fingerprint density at radius 3 is 2.16 bits per heavy atom. The average Bonchev–Trinajstić information content (AvgIpc) is 3.28. The fraction of sp³-hybridized carbons (Fsp3) is 0.410. The maximum atomic E-state index is 13.2. The highest BCUT2D eigenvalue weighted by atomic mass is 16.1. The van der Waals surface area contributed by atoms with Gasteiger partial charge >= 0.3 is 0 Å². The molecule has 0 aromatic heterocycles. The first-order valence-electron chi connectivity index (χ1n) is 16.8. The smallest absolute Gasteiger partial charge is 0.251 e. The van der Waals surface area contributed by atoms with Crippen LogP contribution in [0.2, 0.25) is 0 Å². The minimum atomic E-state index is 0.00789. The maximum absolute atomic E-state index is 13.2. The number of amides is 1. The molecule has 2 fully saturated rings. The molecule has 1 amide bonds. The van der Waals surface area contributed by atoms with Crippen molar-refractivity contribution in [1.82, 2.24) is 20.4 Å². The van der Waals surface area contributed by atoms with Crippen LogP contribution in [0.4, 0.5) is 0 Å². The molecule has 44 heavy (non-hydrogen) atoms. The maximum Gasteiger partial charge on any atom is 0.251 e. The number of carbonyl (C=O) groups is 1. The van der Waals surface area contributed by atoms with Crippen molar-refractivity contribution >= 4 is 16.7 Å². The van der Waals surface area contributed by atoms with Crippen LogP contribution in [0.1, 0.15) is 65.9 Å². The van der Waals surface area contributed by atoms with E-state index in [1.807, 2.05) is 30.3 Å². The molecule has 6 rings (SSSR count). The van der Waals surface area contributed by atoms with E-state index in [0.717, 1.165) is 48.8 Å². The number of carbonyl (C=O) groups excluding carboxylic acids is 1. The lowest BCUT2D eigenvalue weighted by Gasteiger charge is -2.30. The van der Waals surface area contributed by atoms with Gasteiger partial charge in [0.2, 0.25) is 0 Å². The van der Waals surface area contributed by atoms with Crippen molar-refractivity contribution < 1.29 is 4.79 Å². The van der Waals surface area contributed by atoms with E-state index in [-0.39, 0.29) is 11.9 Å². The summed E-state index contributed by atoms with van der Waals surface area (Å²) in [6, 6.07) is 36.8. The standard InChI is InChI=1S/C39H48N4O/c44-39(35-21-20-31-13-8-9-18-34(31)27-35)40-28-36-22-26-43(29-37(41-36)19-12-25-42-23-10-3-11-24-42)30-38(32-14-4-1-5-15-32)33-16-6-2-7-17-33/h1-2,4-9,13-18,20-21,27,36-38,41H,3,10-12,19,22-26,28-30H2,(H,40,44). The second-order valence-electron chi connectivity index (χ2n) is 12.8. The molecule has 0 spiro atoms. The van der Waals surface area contributed by atoms with Crippen LogP contribution in [0.3, 0.4) is 0 Å². The molecule has 2 unspecified atom stereocenters. The van der Waals surface area contributed by atoms with Gasteiger partial charge in [0.05, 0.1) is 0 Å². The Morgan fingerprint density at radius 1 is 0.750 bits per heavy atom. The number of hydrogen-bond acceptors (Lipinski definition) is 4. The van der Waals surface area contributed by atoms with Crippen LogP contribution in [0.15, 0.2) is 103 Å². The summed E-state index contributed by atoms with van der Waals surface area (Å²) in [5, 5.41) is 9.53. The van der Waals surface area contributed by atoms with Gasteiger partial charge in [0.25, 0.3) is 5.91 Å². The number of rotatable bonds is 11. The number of nitrogens with zero attached hydrogens (tertiary/aromatic N) is 2. The second-order valence-corrected chi connectivity index (χ2v) is 12.8. The van der Waals surface area contributed by atoms with E-state index in [4.69, 9.17) is 0 Å². The van der Waals surface area contributed by atoms with Crippen molar-refractivity contribution in [1.29, 1.82) is 0 Å². The second kappa shape index (κ2) is 15.5. The van der Waals surface area contributed by atoms with Gasteiger partial charge in [-0.25, -0.2) is 0 Å². The van der Waals surface area contributed by atoms with E-state index in [2.05, 4.69) is 93.2 Å². The molecule has 2 heterocycles. The van der Waals surface area contributed by atoms with E-state index < -0.39 is 0 Å². The monoisotopic (exact) mass is 588 g/mol. The van der Waals surface area contributed by atoms with Crippen LogP contribution in [-0.4, -0.2) is 73.6 Å². The minimum Gasteiger partial charge on any atom is -0.350 e. The normalized spacial score (nSPS) is 20.0. The van der Waals surface area contributed by atoms with Gasteiger partial charge in [-0.05, 0) is 92.3 Å². The van der Waals surface area contributed by atoms with Crippen molar-refractivity contribution in [3.8, 4) is 0 Å². The molecule has 5 nitrogen and oxygen atoms in total. The molecule has 2 atom stereocenters. The van der Waals surface area contributed by atoms with Gasteiger partial charge in [-0.2, -0.15) is 0 Å². The van der Waals surface area contributed by atoms with Crippen LogP contribution in [0.5, 0.6) is 0 Å². The first kappa shape index (κ1) is 30.5. The zero-order valence-electron chi connectivity index (χ0n) is 26.0. The summed E-state index contributed by atoms with van der Waals surface area (Å²) in [5.41, 5.74) is 3.47. The molecular formula is C39H48N4O. The van der Waals surface area contributed by atoms with Gasteiger partial charge in [0, 0.05) is 43.2 Å². The quantitative estimate of drug-likeness (QED) is 0.205. The van der Waals surface area contributed by atoms with Crippen LogP contribution < -0.4 is 10.6 Å².